The van der Waals surface area contributed by atoms with Crippen LogP contribution >= 0.6 is 0 Å². The van der Waals surface area contributed by atoms with Crippen LogP contribution < -0.4 is 5.32 Å². The zero-order valence-electron chi connectivity index (χ0n) is 17.3. The Morgan fingerprint density at radius 1 is 0.931 bits per heavy atom. The second-order valence-corrected chi connectivity index (χ2v) is 8.52. The Morgan fingerprint density at radius 2 is 1.52 bits per heavy atom. The molecule has 0 radical (unpaired) electrons. The molecule has 2 fully saturated rings. The van der Waals surface area contributed by atoms with Gasteiger partial charge in [-0.2, -0.15) is 0 Å². The van der Waals surface area contributed by atoms with Crippen LogP contribution in [0.25, 0.3) is 0 Å². The Kier molecular flexibility index (Phi) is 6.19. The lowest BCUT2D eigenvalue weighted by Gasteiger charge is -2.45. The summed E-state index contributed by atoms with van der Waals surface area (Å²) in [5.41, 5.74) is 1.85. The third-order valence-corrected chi connectivity index (χ3v) is 6.87. The lowest BCUT2D eigenvalue weighted by molar-refractivity contribution is -0.148. The lowest BCUT2D eigenvalue weighted by atomic mass is 9.79. The molecule has 4 nitrogen and oxygen atoms in total. The van der Waals surface area contributed by atoms with Crippen LogP contribution in [-0.2, 0) is 9.53 Å². The van der Waals surface area contributed by atoms with Crippen molar-refractivity contribution in [1.29, 1.82) is 0 Å². The number of anilines is 1. The molecule has 1 heterocycles. The normalized spacial score (nSPS) is 24.6. The first kappa shape index (κ1) is 20.0. The number of hydrogen-bond acceptors (Lipinski definition) is 4. The maximum atomic E-state index is 12.7. The van der Waals surface area contributed by atoms with Gasteiger partial charge in [-0.1, -0.05) is 48.5 Å². The van der Waals surface area contributed by atoms with Gasteiger partial charge in [0, 0.05) is 24.8 Å². The van der Waals surface area contributed by atoms with E-state index in [1.807, 2.05) is 30.3 Å². The van der Waals surface area contributed by atoms with E-state index < -0.39 is 5.54 Å². The topological polar surface area (TPSA) is 41.6 Å². The smallest absolute Gasteiger partial charge is 0.331 e. The average molecular weight is 393 g/mol. The van der Waals surface area contributed by atoms with Crippen LogP contribution in [0.4, 0.5) is 5.69 Å². The van der Waals surface area contributed by atoms with Crippen molar-refractivity contribution >= 4 is 11.7 Å². The molecule has 29 heavy (non-hydrogen) atoms. The number of likely N-dealkylation sites (tertiary alicyclic amines) is 1. The standard InChI is InChI=1S/C25H32N2O2/c1-29-24(28)25(26-22-10-6-3-7-11-22)16-18-27(19-17-25)23-14-12-21(13-15-23)20-8-4-2-5-9-20/h2-11,21,23,26H,12-19H2,1H3. The minimum atomic E-state index is -0.617. The number of ether oxygens (including phenoxy) is 1. The van der Waals surface area contributed by atoms with Crippen LogP contribution in [0.2, 0.25) is 0 Å². The fourth-order valence-electron chi connectivity index (χ4n) is 5.14. The van der Waals surface area contributed by atoms with E-state index in [1.54, 1.807) is 0 Å². The highest BCUT2D eigenvalue weighted by atomic mass is 16.5. The third kappa shape index (κ3) is 4.48. The van der Waals surface area contributed by atoms with Gasteiger partial charge in [-0.3, -0.25) is 0 Å². The SMILES string of the molecule is COC(=O)C1(Nc2ccccc2)CCN(C2CCC(c3ccccc3)CC2)CC1. The summed E-state index contributed by atoms with van der Waals surface area (Å²) in [4.78, 5) is 15.3. The van der Waals surface area contributed by atoms with E-state index in [2.05, 4.69) is 40.5 Å². The van der Waals surface area contributed by atoms with E-state index in [4.69, 9.17) is 4.74 Å². The Morgan fingerprint density at radius 3 is 2.10 bits per heavy atom. The molecule has 1 N–H and O–H groups in total. The van der Waals surface area contributed by atoms with Crippen molar-refractivity contribution in [3.8, 4) is 0 Å². The molecule has 0 atom stereocenters. The van der Waals surface area contributed by atoms with Crippen molar-refractivity contribution in [2.45, 2.75) is 56.0 Å². The number of carbonyl (C=O) groups excluding carboxylic acids is 1. The fraction of sp³-hybridized carbons (Fsp3) is 0.480. The molecular weight excluding hydrogens is 360 g/mol. The summed E-state index contributed by atoms with van der Waals surface area (Å²) in [6, 6.07) is 21.6. The Balaban J connectivity index is 1.36. The summed E-state index contributed by atoms with van der Waals surface area (Å²) in [5.74, 6) is 0.555. The van der Waals surface area contributed by atoms with Gasteiger partial charge in [0.1, 0.15) is 5.54 Å². The van der Waals surface area contributed by atoms with Crippen LogP contribution in [0, 0.1) is 0 Å². The summed E-state index contributed by atoms with van der Waals surface area (Å²) >= 11 is 0. The molecule has 2 aromatic carbocycles. The van der Waals surface area contributed by atoms with Crippen molar-refractivity contribution in [2.24, 2.45) is 0 Å². The van der Waals surface area contributed by atoms with E-state index in [0.29, 0.717) is 12.0 Å². The van der Waals surface area contributed by atoms with Gasteiger partial charge in [-0.05, 0) is 62.1 Å². The van der Waals surface area contributed by atoms with E-state index in [0.717, 1.165) is 31.6 Å². The predicted octanol–water partition coefficient (Wildman–Crippen LogP) is 4.83. The molecule has 1 saturated carbocycles. The summed E-state index contributed by atoms with van der Waals surface area (Å²) < 4.78 is 5.19. The van der Waals surface area contributed by atoms with E-state index >= 15 is 0 Å². The third-order valence-electron chi connectivity index (χ3n) is 6.87. The average Bonchev–Trinajstić information content (AvgIpc) is 2.80. The molecule has 1 aliphatic heterocycles. The first-order valence-electron chi connectivity index (χ1n) is 10.9. The van der Waals surface area contributed by atoms with Crippen LogP contribution in [0.1, 0.15) is 50.0 Å². The number of benzene rings is 2. The number of carbonyl (C=O) groups is 1. The Hall–Kier alpha value is -2.33. The number of nitrogens with zero attached hydrogens (tertiary/aromatic N) is 1. The summed E-state index contributed by atoms with van der Waals surface area (Å²) in [5, 5.41) is 3.50. The molecule has 0 unspecified atom stereocenters. The van der Waals surface area contributed by atoms with Gasteiger partial charge in [0.15, 0.2) is 0 Å². The van der Waals surface area contributed by atoms with Gasteiger partial charge in [0.05, 0.1) is 7.11 Å². The molecule has 0 aromatic heterocycles. The van der Waals surface area contributed by atoms with Crippen molar-refractivity contribution in [3.05, 3.63) is 66.2 Å². The van der Waals surface area contributed by atoms with Gasteiger partial charge < -0.3 is 15.0 Å². The molecule has 154 valence electrons. The molecule has 4 rings (SSSR count). The maximum absolute atomic E-state index is 12.7. The zero-order valence-corrected chi connectivity index (χ0v) is 17.3. The van der Waals surface area contributed by atoms with Crippen LogP contribution in [0.15, 0.2) is 60.7 Å². The van der Waals surface area contributed by atoms with Crippen LogP contribution in [-0.4, -0.2) is 42.6 Å². The predicted molar refractivity (Wildman–Crippen MR) is 117 cm³/mol. The monoisotopic (exact) mass is 392 g/mol. The summed E-state index contributed by atoms with van der Waals surface area (Å²) in [7, 11) is 1.49. The highest BCUT2D eigenvalue weighted by molar-refractivity contribution is 5.84. The molecule has 4 heteroatoms. The van der Waals surface area contributed by atoms with Crippen molar-refractivity contribution in [1.82, 2.24) is 4.90 Å². The van der Waals surface area contributed by atoms with Gasteiger partial charge in [0.2, 0.25) is 0 Å². The van der Waals surface area contributed by atoms with Gasteiger partial charge in [-0.15, -0.1) is 0 Å². The molecular formula is C25H32N2O2. The highest BCUT2D eigenvalue weighted by Crippen LogP contribution is 2.37. The molecule has 0 bridgehead atoms. The molecule has 0 spiro atoms. The number of methoxy groups -OCH3 is 1. The van der Waals surface area contributed by atoms with E-state index in [-0.39, 0.29) is 5.97 Å². The summed E-state index contributed by atoms with van der Waals surface area (Å²) in [6.07, 6.45) is 6.58. The van der Waals surface area contributed by atoms with Gasteiger partial charge >= 0.3 is 5.97 Å². The lowest BCUT2D eigenvalue weighted by Crippen LogP contribution is -2.56. The van der Waals surface area contributed by atoms with Crippen molar-refractivity contribution in [3.63, 3.8) is 0 Å². The van der Waals surface area contributed by atoms with Gasteiger partial charge in [-0.25, -0.2) is 4.79 Å². The Labute approximate surface area is 174 Å². The number of piperidine rings is 1. The number of esters is 1. The highest BCUT2D eigenvalue weighted by Gasteiger charge is 2.44. The van der Waals surface area contributed by atoms with Crippen LogP contribution in [0.3, 0.4) is 0 Å². The molecule has 1 saturated heterocycles. The van der Waals surface area contributed by atoms with Crippen molar-refractivity contribution < 1.29 is 9.53 Å². The molecule has 2 aromatic rings. The molecule has 1 aliphatic carbocycles. The first-order chi connectivity index (χ1) is 14.2. The maximum Gasteiger partial charge on any atom is 0.331 e. The molecule has 0 amide bonds. The minimum Gasteiger partial charge on any atom is -0.467 e. The Bertz CT molecular complexity index is 777. The quantitative estimate of drug-likeness (QED) is 0.740. The second-order valence-electron chi connectivity index (χ2n) is 8.52. The number of para-hydroxylation sites is 1. The van der Waals surface area contributed by atoms with Gasteiger partial charge in [0.25, 0.3) is 0 Å². The fourth-order valence-corrected chi connectivity index (χ4v) is 5.14. The van der Waals surface area contributed by atoms with Crippen molar-refractivity contribution in [2.75, 3.05) is 25.5 Å². The van der Waals surface area contributed by atoms with Crippen LogP contribution in [0.5, 0.6) is 0 Å². The zero-order chi connectivity index (χ0) is 20.1. The number of rotatable bonds is 5. The summed E-state index contributed by atoms with van der Waals surface area (Å²) in [6.45, 7) is 1.88. The minimum absolute atomic E-state index is 0.145. The largest absolute Gasteiger partial charge is 0.467 e. The van der Waals surface area contributed by atoms with E-state index in [1.165, 1.54) is 38.4 Å². The van der Waals surface area contributed by atoms with E-state index in [9.17, 15) is 4.79 Å². The molecule has 2 aliphatic rings. The number of nitrogens with one attached hydrogen (secondary N) is 1. The second kappa shape index (κ2) is 9.00. The number of hydrogen-bond donors (Lipinski definition) is 1. The first-order valence-corrected chi connectivity index (χ1v) is 10.9.